The third kappa shape index (κ3) is 5.17. The van der Waals surface area contributed by atoms with E-state index >= 15 is 8.78 Å². The second-order valence-electron chi connectivity index (χ2n) is 11.3. The van der Waals surface area contributed by atoms with Crippen molar-refractivity contribution >= 4 is 11.9 Å². The Kier molecular flexibility index (Phi) is 8.14. The number of nitrogens with zero attached hydrogens (tertiary/aromatic N) is 3. The van der Waals surface area contributed by atoms with Crippen molar-refractivity contribution in [2.45, 2.75) is 64.6 Å². The lowest BCUT2D eigenvalue weighted by molar-refractivity contribution is -0.152. The van der Waals surface area contributed by atoms with Crippen LogP contribution >= 0.6 is 0 Å². The van der Waals surface area contributed by atoms with E-state index in [1.807, 2.05) is 26.0 Å². The first kappa shape index (κ1) is 29.4. The van der Waals surface area contributed by atoms with Gasteiger partial charge in [0.05, 0.1) is 12.2 Å². The molecule has 1 aliphatic carbocycles. The Morgan fingerprint density at radius 2 is 1.62 bits per heavy atom. The van der Waals surface area contributed by atoms with Crippen LogP contribution in [0.1, 0.15) is 72.4 Å². The minimum absolute atomic E-state index is 0.128. The largest absolute Gasteiger partial charge is 0.451 e. The summed E-state index contributed by atoms with van der Waals surface area (Å²) in [6.07, 6.45) is 1.63. The van der Waals surface area contributed by atoms with Crippen LogP contribution in [0.3, 0.4) is 0 Å². The van der Waals surface area contributed by atoms with Crippen LogP contribution in [0.4, 0.5) is 8.78 Å². The van der Waals surface area contributed by atoms with Crippen molar-refractivity contribution in [1.82, 2.24) is 14.7 Å². The maximum absolute atomic E-state index is 15.2. The van der Waals surface area contributed by atoms with Gasteiger partial charge in [0.2, 0.25) is 18.0 Å². The lowest BCUT2D eigenvalue weighted by atomic mass is 9.81. The molecule has 222 valence electrons. The molecule has 5 rings (SSSR count). The van der Waals surface area contributed by atoms with Gasteiger partial charge in [-0.3, -0.25) is 19.1 Å². The molecule has 2 aliphatic rings. The molecule has 1 amide bonds. The van der Waals surface area contributed by atoms with Gasteiger partial charge in [0.25, 0.3) is 5.91 Å². The molecule has 0 saturated heterocycles. The van der Waals surface area contributed by atoms with E-state index in [9.17, 15) is 14.4 Å². The van der Waals surface area contributed by atoms with Crippen molar-refractivity contribution in [3.05, 3.63) is 92.4 Å². The first-order valence-electron chi connectivity index (χ1n) is 14.0. The van der Waals surface area contributed by atoms with Gasteiger partial charge in [-0.1, -0.05) is 38.1 Å². The normalized spacial score (nSPS) is 17.4. The molecule has 2 N–H and O–H groups in total. The standard InChI is InChI=1S/C31H34F2N4O5/c1-16(2)27(34)31(40)42-15-41-29-25(38)13-35-37-24(14-36(17(3)4)30(39)28(29)37)26-20-7-5-9-22(32)18(20)11-12-19-21(26)8-6-10-23(19)33/h5-10,13,16-17,24,26-27H,11-12,14-15,34H2,1-4H3/t24-,27?/m1/s1. The summed E-state index contributed by atoms with van der Waals surface area (Å²) in [4.78, 5) is 40.7. The Balaban J connectivity index is 1.66. The molecule has 0 spiro atoms. The Hall–Kier alpha value is -4.12. The van der Waals surface area contributed by atoms with Crippen LogP contribution in [0.25, 0.3) is 0 Å². The quantitative estimate of drug-likeness (QED) is 0.335. The van der Waals surface area contributed by atoms with Crippen molar-refractivity contribution in [3.8, 4) is 5.75 Å². The predicted octanol–water partition coefficient (Wildman–Crippen LogP) is 3.72. The molecule has 11 heteroatoms. The molecule has 2 aromatic carbocycles. The number of amides is 1. The van der Waals surface area contributed by atoms with Crippen molar-refractivity contribution in [2.24, 2.45) is 11.7 Å². The van der Waals surface area contributed by atoms with Gasteiger partial charge >= 0.3 is 5.97 Å². The number of esters is 1. The molecular formula is C31H34F2N4O5. The van der Waals surface area contributed by atoms with Crippen LogP contribution < -0.4 is 15.9 Å². The maximum Gasteiger partial charge on any atom is 0.326 e. The zero-order valence-corrected chi connectivity index (χ0v) is 24.0. The predicted molar refractivity (Wildman–Crippen MR) is 150 cm³/mol. The summed E-state index contributed by atoms with van der Waals surface area (Å²) in [7, 11) is 0. The molecule has 1 aromatic heterocycles. The first-order valence-corrected chi connectivity index (χ1v) is 14.0. The molecule has 2 heterocycles. The molecular weight excluding hydrogens is 546 g/mol. The summed E-state index contributed by atoms with van der Waals surface area (Å²) in [5, 5.41) is 4.36. The number of hydrogen-bond acceptors (Lipinski definition) is 7. The van der Waals surface area contributed by atoms with Crippen LogP contribution in [-0.4, -0.2) is 52.0 Å². The molecule has 1 unspecified atom stereocenters. The number of rotatable bonds is 7. The fraction of sp³-hybridized carbons (Fsp3) is 0.419. The topological polar surface area (TPSA) is 117 Å². The molecule has 42 heavy (non-hydrogen) atoms. The van der Waals surface area contributed by atoms with Crippen LogP contribution in [-0.2, 0) is 22.4 Å². The fourth-order valence-electron chi connectivity index (χ4n) is 5.84. The Morgan fingerprint density at radius 1 is 1.02 bits per heavy atom. The first-order chi connectivity index (χ1) is 20.0. The number of ether oxygens (including phenoxy) is 2. The van der Waals surface area contributed by atoms with Crippen LogP contribution in [0.2, 0.25) is 0 Å². The zero-order valence-electron chi connectivity index (χ0n) is 24.0. The van der Waals surface area contributed by atoms with Gasteiger partial charge in [-0.25, -0.2) is 8.78 Å². The average Bonchev–Trinajstić information content (AvgIpc) is 3.12. The van der Waals surface area contributed by atoms with Gasteiger partial charge in [0.1, 0.15) is 17.7 Å². The van der Waals surface area contributed by atoms with Gasteiger partial charge in [-0.2, -0.15) is 5.10 Å². The van der Waals surface area contributed by atoms with Gasteiger partial charge < -0.3 is 20.1 Å². The summed E-state index contributed by atoms with van der Waals surface area (Å²) in [6.45, 7) is 6.72. The summed E-state index contributed by atoms with van der Waals surface area (Å²) in [5.74, 6) is -3.12. The van der Waals surface area contributed by atoms with Crippen molar-refractivity contribution in [1.29, 1.82) is 0 Å². The molecule has 0 fully saturated rings. The van der Waals surface area contributed by atoms with E-state index in [1.165, 1.54) is 16.8 Å². The molecule has 0 radical (unpaired) electrons. The Morgan fingerprint density at radius 3 is 2.17 bits per heavy atom. The van der Waals surface area contributed by atoms with Crippen molar-refractivity contribution < 1.29 is 27.8 Å². The van der Waals surface area contributed by atoms with E-state index in [2.05, 4.69) is 5.10 Å². The number of aromatic nitrogens is 2. The smallest absolute Gasteiger partial charge is 0.326 e. The number of hydrogen-bond donors (Lipinski definition) is 1. The second-order valence-corrected chi connectivity index (χ2v) is 11.3. The second kappa shape index (κ2) is 11.6. The zero-order chi connectivity index (χ0) is 30.3. The van der Waals surface area contributed by atoms with Crippen molar-refractivity contribution in [2.75, 3.05) is 13.3 Å². The van der Waals surface area contributed by atoms with Gasteiger partial charge in [0, 0.05) is 18.5 Å². The van der Waals surface area contributed by atoms with Crippen LogP contribution in [0.5, 0.6) is 5.75 Å². The highest BCUT2D eigenvalue weighted by Gasteiger charge is 2.43. The van der Waals surface area contributed by atoms with E-state index in [-0.39, 0.29) is 29.9 Å². The highest BCUT2D eigenvalue weighted by Crippen LogP contribution is 2.45. The Bertz CT molecular complexity index is 1530. The Labute approximate surface area is 242 Å². The average molecular weight is 581 g/mol. The molecule has 0 bridgehead atoms. The summed E-state index contributed by atoms with van der Waals surface area (Å²) < 4.78 is 42.6. The van der Waals surface area contributed by atoms with E-state index < -0.39 is 53.7 Å². The van der Waals surface area contributed by atoms with E-state index in [1.54, 1.807) is 30.9 Å². The molecule has 0 saturated carbocycles. The number of carbonyl (C=O) groups excluding carboxylic acids is 2. The summed E-state index contributed by atoms with van der Waals surface area (Å²) in [5.41, 5.74) is 7.30. The highest BCUT2D eigenvalue weighted by molar-refractivity contribution is 5.96. The fourth-order valence-corrected chi connectivity index (χ4v) is 5.84. The van der Waals surface area contributed by atoms with Crippen molar-refractivity contribution in [3.63, 3.8) is 0 Å². The third-order valence-electron chi connectivity index (χ3n) is 8.14. The maximum atomic E-state index is 15.2. The number of halogens is 2. The van der Waals surface area contributed by atoms with Gasteiger partial charge in [0.15, 0.2) is 5.69 Å². The van der Waals surface area contributed by atoms with E-state index in [0.717, 1.165) is 6.20 Å². The number of nitrogens with two attached hydrogens (primary N) is 1. The monoisotopic (exact) mass is 580 g/mol. The molecule has 1 aliphatic heterocycles. The minimum atomic E-state index is -0.889. The highest BCUT2D eigenvalue weighted by atomic mass is 19.1. The van der Waals surface area contributed by atoms with Crippen LogP contribution in [0.15, 0.2) is 47.4 Å². The minimum Gasteiger partial charge on any atom is -0.451 e. The summed E-state index contributed by atoms with van der Waals surface area (Å²) >= 11 is 0. The molecule has 3 aromatic rings. The number of carbonyl (C=O) groups is 2. The van der Waals surface area contributed by atoms with E-state index in [4.69, 9.17) is 15.2 Å². The lowest BCUT2D eigenvalue weighted by Crippen LogP contribution is -2.50. The lowest BCUT2D eigenvalue weighted by Gasteiger charge is -2.41. The van der Waals surface area contributed by atoms with Gasteiger partial charge in [-0.05, 0) is 67.0 Å². The van der Waals surface area contributed by atoms with Crippen LogP contribution in [0, 0.1) is 17.6 Å². The molecule has 2 atom stereocenters. The number of fused-ring (bicyclic) bond motifs is 3. The molecule has 9 nitrogen and oxygen atoms in total. The van der Waals surface area contributed by atoms with Gasteiger partial charge in [-0.15, -0.1) is 0 Å². The summed E-state index contributed by atoms with van der Waals surface area (Å²) in [6, 6.07) is 7.80. The number of benzene rings is 2. The SMILES string of the molecule is CC(C)C(N)C(=O)OCOc1c2n(ncc1=O)[C@@H](C1c3cccc(F)c3CCc3c(F)cccc31)CN(C(C)C)C2=O. The third-order valence-corrected chi connectivity index (χ3v) is 8.14. The van der Waals surface area contributed by atoms with E-state index in [0.29, 0.717) is 35.1 Å².